The first-order chi connectivity index (χ1) is 9.93. The van der Waals surface area contributed by atoms with Gasteiger partial charge in [-0.1, -0.05) is 29.8 Å². The minimum Gasteiger partial charge on any atom is -0.481 e. The maximum absolute atomic E-state index is 12.2. The second-order valence-corrected chi connectivity index (χ2v) is 6.09. The molecule has 0 saturated carbocycles. The Morgan fingerprint density at radius 2 is 2.10 bits per heavy atom. The van der Waals surface area contributed by atoms with E-state index in [2.05, 4.69) is 12.1 Å². The van der Waals surface area contributed by atoms with Crippen LogP contribution in [0.25, 0.3) is 0 Å². The van der Waals surface area contributed by atoms with Crippen LogP contribution in [0, 0.1) is 6.92 Å². The number of carbonyl (C=O) groups excluding carboxylic acids is 1. The van der Waals surface area contributed by atoms with Crippen LogP contribution in [-0.4, -0.2) is 40.2 Å². The van der Waals surface area contributed by atoms with Gasteiger partial charge in [0.05, 0.1) is 12.2 Å². The first-order valence-electron chi connectivity index (χ1n) is 7.08. The van der Waals surface area contributed by atoms with Crippen molar-refractivity contribution in [1.29, 1.82) is 0 Å². The van der Waals surface area contributed by atoms with Gasteiger partial charge in [0.1, 0.15) is 0 Å². The Morgan fingerprint density at radius 1 is 1.38 bits per heavy atom. The molecule has 0 bridgehead atoms. The Morgan fingerprint density at radius 3 is 2.67 bits per heavy atom. The van der Waals surface area contributed by atoms with Gasteiger partial charge in [0.15, 0.2) is 0 Å². The summed E-state index contributed by atoms with van der Waals surface area (Å²) in [7, 11) is 0. The van der Waals surface area contributed by atoms with E-state index in [1.165, 1.54) is 11.1 Å². The summed E-state index contributed by atoms with van der Waals surface area (Å²) in [6.07, 6.45) is -0.0118. The molecule has 0 aliphatic carbocycles. The maximum atomic E-state index is 12.2. The van der Waals surface area contributed by atoms with E-state index in [1.807, 2.05) is 26.0 Å². The minimum absolute atomic E-state index is 0.00361. The highest BCUT2D eigenvalue weighted by Crippen LogP contribution is 2.15. The van der Waals surface area contributed by atoms with Gasteiger partial charge in [-0.25, -0.2) is 0 Å². The molecule has 0 aliphatic heterocycles. The number of aliphatic carboxylic acids is 1. The molecule has 0 aliphatic rings. The third kappa shape index (κ3) is 6.21. The normalized spacial score (nSPS) is 12.0. The van der Waals surface area contributed by atoms with E-state index >= 15 is 0 Å². The van der Waals surface area contributed by atoms with Gasteiger partial charge in [-0.2, -0.15) is 0 Å². The molecule has 0 radical (unpaired) electrons. The topological polar surface area (TPSA) is 57.6 Å². The standard InChI is InChI=1S/C16H23NO3S/c1-4-17(13(3)9-16(19)20)15(18)11-21-10-14-7-5-6-12(2)8-14/h5-8,13H,4,9-11H2,1-3H3,(H,19,20). The van der Waals surface area contributed by atoms with Crippen LogP contribution in [0.2, 0.25) is 0 Å². The number of benzene rings is 1. The molecular weight excluding hydrogens is 286 g/mol. The average Bonchev–Trinajstić information content (AvgIpc) is 2.38. The molecule has 1 unspecified atom stereocenters. The summed E-state index contributed by atoms with van der Waals surface area (Å²) in [5.74, 6) is 0.300. The molecule has 21 heavy (non-hydrogen) atoms. The molecule has 116 valence electrons. The minimum atomic E-state index is -0.874. The largest absolute Gasteiger partial charge is 0.481 e. The number of nitrogens with zero attached hydrogens (tertiary/aromatic N) is 1. The van der Waals surface area contributed by atoms with E-state index in [9.17, 15) is 9.59 Å². The summed E-state index contributed by atoms with van der Waals surface area (Å²) in [6.45, 7) is 6.24. The molecule has 1 N–H and O–H groups in total. The first kappa shape index (κ1) is 17.6. The fourth-order valence-electron chi connectivity index (χ4n) is 2.24. The predicted octanol–water partition coefficient (Wildman–Crippen LogP) is 2.94. The Kier molecular flexibility index (Phi) is 7.29. The van der Waals surface area contributed by atoms with Crippen LogP contribution in [0.5, 0.6) is 0 Å². The van der Waals surface area contributed by atoms with Gasteiger partial charge in [0.2, 0.25) is 5.91 Å². The molecule has 5 heteroatoms. The zero-order valence-electron chi connectivity index (χ0n) is 12.8. The van der Waals surface area contributed by atoms with Crippen molar-refractivity contribution in [1.82, 2.24) is 4.90 Å². The van der Waals surface area contributed by atoms with Gasteiger partial charge < -0.3 is 10.0 Å². The van der Waals surface area contributed by atoms with Crippen LogP contribution in [0.15, 0.2) is 24.3 Å². The Hall–Kier alpha value is -1.49. The zero-order chi connectivity index (χ0) is 15.8. The fourth-order valence-corrected chi connectivity index (χ4v) is 3.10. The second-order valence-electron chi connectivity index (χ2n) is 5.11. The van der Waals surface area contributed by atoms with Crippen molar-refractivity contribution in [3.8, 4) is 0 Å². The lowest BCUT2D eigenvalue weighted by atomic mass is 10.2. The molecule has 1 atom stereocenters. The Balaban J connectivity index is 2.45. The maximum Gasteiger partial charge on any atom is 0.305 e. The number of thioether (sulfide) groups is 1. The van der Waals surface area contributed by atoms with Gasteiger partial charge in [-0.3, -0.25) is 9.59 Å². The number of aryl methyl sites for hydroxylation is 1. The third-order valence-electron chi connectivity index (χ3n) is 3.24. The fraction of sp³-hybridized carbons (Fsp3) is 0.500. The zero-order valence-corrected chi connectivity index (χ0v) is 13.7. The quantitative estimate of drug-likeness (QED) is 0.802. The lowest BCUT2D eigenvalue weighted by Gasteiger charge is -2.27. The smallest absolute Gasteiger partial charge is 0.305 e. The van der Waals surface area contributed by atoms with Crippen molar-refractivity contribution in [2.75, 3.05) is 12.3 Å². The molecule has 1 aromatic carbocycles. The predicted molar refractivity (Wildman–Crippen MR) is 86.4 cm³/mol. The Labute approximate surface area is 130 Å². The number of amides is 1. The van der Waals surface area contributed by atoms with Crippen molar-refractivity contribution in [3.63, 3.8) is 0 Å². The number of carboxylic acid groups (broad SMARTS) is 1. The van der Waals surface area contributed by atoms with Gasteiger partial charge >= 0.3 is 5.97 Å². The van der Waals surface area contributed by atoms with E-state index in [0.717, 1.165) is 5.75 Å². The van der Waals surface area contributed by atoms with Crippen LogP contribution in [0.1, 0.15) is 31.4 Å². The SMILES string of the molecule is CCN(C(=O)CSCc1cccc(C)c1)C(C)CC(=O)O. The summed E-state index contributed by atoms with van der Waals surface area (Å²) in [5, 5.41) is 8.82. The molecule has 1 amide bonds. The molecular formula is C16H23NO3S. The summed E-state index contributed by atoms with van der Waals surface area (Å²) in [6, 6.07) is 7.96. The number of carboxylic acids is 1. The van der Waals surface area contributed by atoms with Crippen molar-refractivity contribution in [2.45, 2.75) is 39.0 Å². The third-order valence-corrected chi connectivity index (χ3v) is 4.23. The summed E-state index contributed by atoms with van der Waals surface area (Å²) in [4.78, 5) is 24.5. The van der Waals surface area contributed by atoms with Crippen LogP contribution >= 0.6 is 11.8 Å². The monoisotopic (exact) mass is 309 g/mol. The van der Waals surface area contributed by atoms with Crippen LogP contribution in [0.3, 0.4) is 0 Å². The van der Waals surface area contributed by atoms with E-state index < -0.39 is 5.97 Å². The Bertz CT molecular complexity index is 490. The highest BCUT2D eigenvalue weighted by atomic mass is 32.2. The van der Waals surface area contributed by atoms with E-state index in [0.29, 0.717) is 12.3 Å². The van der Waals surface area contributed by atoms with Gasteiger partial charge in [-0.15, -0.1) is 11.8 Å². The number of carbonyl (C=O) groups is 2. The van der Waals surface area contributed by atoms with Crippen molar-refractivity contribution < 1.29 is 14.7 Å². The van der Waals surface area contributed by atoms with E-state index in [4.69, 9.17) is 5.11 Å². The highest BCUT2D eigenvalue weighted by molar-refractivity contribution is 7.99. The molecule has 0 heterocycles. The molecule has 4 nitrogen and oxygen atoms in total. The van der Waals surface area contributed by atoms with Crippen LogP contribution < -0.4 is 0 Å². The molecule has 0 spiro atoms. The average molecular weight is 309 g/mol. The number of rotatable bonds is 8. The lowest BCUT2D eigenvalue weighted by molar-refractivity contribution is -0.139. The van der Waals surface area contributed by atoms with Gasteiger partial charge in [-0.05, 0) is 26.3 Å². The molecule has 1 rings (SSSR count). The second kappa shape index (κ2) is 8.72. The van der Waals surface area contributed by atoms with E-state index in [1.54, 1.807) is 23.6 Å². The lowest BCUT2D eigenvalue weighted by Crippen LogP contribution is -2.40. The highest BCUT2D eigenvalue weighted by Gasteiger charge is 2.20. The molecule has 0 fully saturated rings. The number of hydrogen-bond donors (Lipinski definition) is 1. The van der Waals surface area contributed by atoms with Gasteiger partial charge in [0, 0.05) is 18.3 Å². The summed E-state index contributed by atoms with van der Waals surface area (Å²) < 4.78 is 0. The summed E-state index contributed by atoms with van der Waals surface area (Å²) >= 11 is 1.56. The van der Waals surface area contributed by atoms with Gasteiger partial charge in [0.25, 0.3) is 0 Å². The molecule has 0 saturated heterocycles. The van der Waals surface area contributed by atoms with Crippen molar-refractivity contribution in [3.05, 3.63) is 35.4 Å². The number of hydrogen-bond acceptors (Lipinski definition) is 3. The van der Waals surface area contributed by atoms with E-state index in [-0.39, 0.29) is 18.4 Å². The molecule has 0 aromatic heterocycles. The van der Waals surface area contributed by atoms with Crippen molar-refractivity contribution in [2.24, 2.45) is 0 Å². The first-order valence-corrected chi connectivity index (χ1v) is 8.24. The van der Waals surface area contributed by atoms with Crippen LogP contribution in [-0.2, 0) is 15.3 Å². The summed E-state index contributed by atoms with van der Waals surface area (Å²) in [5.41, 5.74) is 2.42. The van der Waals surface area contributed by atoms with Crippen LogP contribution in [0.4, 0.5) is 0 Å². The van der Waals surface area contributed by atoms with Crippen molar-refractivity contribution >= 4 is 23.6 Å². The molecule has 1 aromatic rings.